The summed E-state index contributed by atoms with van der Waals surface area (Å²) in [7, 11) is 0. The topological polar surface area (TPSA) is 52.9 Å². The molecular formula is C16H12BrFN2O. The van der Waals surface area contributed by atoms with Crippen LogP contribution in [-0.2, 0) is 17.8 Å². The summed E-state index contributed by atoms with van der Waals surface area (Å²) >= 11 is 3.33. The summed E-state index contributed by atoms with van der Waals surface area (Å²) in [4.78, 5) is 11.8. The number of nitriles is 1. The van der Waals surface area contributed by atoms with Gasteiger partial charge in [0.1, 0.15) is 5.82 Å². The molecule has 1 amide bonds. The van der Waals surface area contributed by atoms with E-state index in [0.29, 0.717) is 5.56 Å². The molecule has 0 fully saturated rings. The predicted molar refractivity (Wildman–Crippen MR) is 80.8 cm³/mol. The molecule has 0 atom stereocenters. The second-order valence-corrected chi connectivity index (χ2v) is 5.41. The molecule has 1 N–H and O–H groups in total. The second kappa shape index (κ2) is 7.00. The van der Waals surface area contributed by atoms with Gasteiger partial charge in [0.2, 0.25) is 5.91 Å². The van der Waals surface area contributed by atoms with Crippen LogP contribution in [0.3, 0.4) is 0 Å². The fourth-order valence-corrected chi connectivity index (χ4v) is 2.07. The molecule has 3 nitrogen and oxygen atoms in total. The molecule has 5 heteroatoms. The van der Waals surface area contributed by atoms with Gasteiger partial charge >= 0.3 is 0 Å². The summed E-state index contributed by atoms with van der Waals surface area (Å²) in [6.07, 6.45) is 0.241. The molecule has 0 unspecified atom stereocenters. The zero-order valence-electron chi connectivity index (χ0n) is 11.1. The van der Waals surface area contributed by atoms with Crippen molar-refractivity contribution in [1.29, 1.82) is 5.26 Å². The molecule has 2 aromatic rings. The van der Waals surface area contributed by atoms with Crippen molar-refractivity contribution < 1.29 is 9.18 Å². The van der Waals surface area contributed by atoms with Crippen LogP contribution in [0.15, 0.2) is 46.9 Å². The Morgan fingerprint density at radius 3 is 2.57 bits per heavy atom. The summed E-state index contributed by atoms with van der Waals surface area (Å²) in [6, 6.07) is 13.5. The Hall–Kier alpha value is -2.19. The van der Waals surface area contributed by atoms with Crippen LogP contribution in [0.1, 0.15) is 16.7 Å². The zero-order chi connectivity index (χ0) is 15.2. The highest BCUT2D eigenvalue weighted by Gasteiger charge is 2.07. The summed E-state index contributed by atoms with van der Waals surface area (Å²) < 4.78 is 14.6. The van der Waals surface area contributed by atoms with E-state index in [-0.39, 0.29) is 24.4 Å². The van der Waals surface area contributed by atoms with Crippen LogP contribution >= 0.6 is 15.9 Å². The minimum atomic E-state index is -0.488. The Kier molecular flexibility index (Phi) is 5.07. The summed E-state index contributed by atoms with van der Waals surface area (Å²) in [5.41, 5.74) is 1.51. The van der Waals surface area contributed by atoms with E-state index >= 15 is 0 Å². The van der Waals surface area contributed by atoms with E-state index in [1.165, 1.54) is 12.1 Å². The molecule has 0 aliphatic carbocycles. The van der Waals surface area contributed by atoms with E-state index in [2.05, 4.69) is 21.2 Å². The van der Waals surface area contributed by atoms with Crippen molar-refractivity contribution in [2.24, 2.45) is 0 Å². The average molecular weight is 347 g/mol. The third-order valence-electron chi connectivity index (χ3n) is 2.94. The third kappa shape index (κ3) is 4.40. The number of carbonyl (C=O) groups excluding carboxylic acids is 1. The van der Waals surface area contributed by atoms with Crippen molar-refractivity contribution in [3.8, 4) is 6.07 Å². The van der Waals surface area contributed by atoms with Gasteiger partial charge in [-0.1, -0.05) is 34.1 Å². The lowest BCUT2D eigenvalue weighted by atomic mass is 10.1. The second-order valence-electron chi connectivity index (χ2n) is 4.50. The van der Waals surface area contributed by atoms with Crippen molar-refractivity contribution in [2.45, 2.75) is 13.0 Å². The summed E-state index contributed by atoms with van der Waals surface area (Å²) in [6.45, 7) is 0.104. The van der Waals surface area contributed by atoms with Crippen LogP contribution < -0.4 is 5.32 Å². The van der Waals surface area contributed by atoms with Gasteiger partial charge in [-0.2, -0.15) is 5.26 Å². The lowest BCUT2D eigenvalue weighted by molar-refractivity contribution is -0.120. The fourth-order valence-electron chi connectivity index (χ4n) is 1.80. The van der Waals surface area contributed by atoms with Gasteiger partial charge in [0.25, 0.3) is 0 Å². The minimum Gasteiger partial charge on any atom is -0.352 e. The van der Waals surface area contributed by atoms with E-state index < -0.39 is 5.82 Å². The third-order valence-corrected chi connectivity index (χ3v) is 3.46. The molecule has 0 radical (unpaired) electrons. The molecule has 21 heavy (non-hydrogen) atoms. The number of hydrogen-bond donors (Lipinski definition) is 1. The average Bonchev–Trinajstić information content (AvgIpc) is 2.48. The van der Waals surface area contributed by atoms with Gasteiger partial charge < -0.3 is 5.32 Å². The first kappa shape index (κ1) is 15.2. The maximum atomic E-state index is 13.7. The number of benzene rings is 2. The van der Waals surface area contributed by atoms with Gasteiger partial charge in [0.15, 0.2) is 0 Å². The Balaban J connectivity index is 1.92. The van der Waals surface area contributed by atoms with E-state index in [1.54, 1.807) is 0 Å². The van der Waals surface area contributed by atoms with Crippen molar-refractivity contribution in [1.82, 2.24) is 5.32 Å². The van der Waals surface area contributed by atoms with Crippen LogP contribution in [0.4, 0.5) is 4.39 Å². The SMILES string of the molecule is N#Cc1ccc(CNC(=O)Cc2ccc(Br)cc2)c(F)c1. The standard InChI is InChI=1S/C16H12BrFN2O/c17-14-5-2-11(3-6-14)8-16(21)20-10-13-4-1-12(9-19)7-15(13)18/h1-7H,8,10H2,(H,20,21). The first-order chi connectivity index (χ1) is 10.1. The highest BCUT2D eigenvalue weighted by Crippen LogP contribution is 2.12. The van der Waals surface area contributed by atoms with E-state index in [0.717, 1.165) is 16.1 Å². The molecule has 0 aliphatic rings. The number of amides is 1. The molecule has 0 heterocycles. The Morgan fingerprint density at radius 2 is 1.95 bits per heavy atom. The highest BCUT2D eigenvalue weighted by molar-refractivity contribution is 9.10. The van der Waals surface area contributed by atoms with Gasteiger partial charge in [-0.15, -0.1) is 0 Å². The molecule has 0 saturated heterocycles. The number of hydrogen-bond acceptors (Lipinski definition) is 2. The van der Waals surface area contributed by atoms with Gasteiger partial charge in [0.05, 0.1) is 18.1 Å². The molecule has 0 spiro atoms. The van der Waals surface area contributed by atoms with Crippen molar-refractivity contribution >= 4 is 21.8 Å². The maximum Gasteiger partial charge on any atom is 0.224 e. The van der Waals surface area contributed by atoms with Gasteiger partial charge in [-0.05, 0) is 29.8 Å². The molecule has 0 bridgehead atoms. The number of rotatable bonds is 4. The molecule has 106 valence electrons. The summed E-state index contributed by atoms with van der Waals surface area (Å²) in [5.74, 6) is -0.668. The quantitative estimate of drug-likeness (QED) is 0.923. The monoisotopic (exact) mass is 346 g/mol. The highest BCUT2D eigenvalue weighted by atomic mass is 79.9. The zero-order valence-corrected chi connectivity index (χ0v) is 12.7. The molecule has 0 aromatic heterocycles. The lowest BCUT2D eigenvalue weighted by Gasteiger charge is -2.07. The molecular weight excluding hydrogens is 335 g/mol. The van der Waals surface area contributed by atoms with Crippen molar-refractivity contribution in [3.63, 3.8) is 0 Å². The van der Waals surface area contributed by atoms with Crippen molar-refractivity contribution in [2.75, 3.05) is 0 Å². The number of carbonyl (C=O) groups is 1. The van der Waals surface area contributed by atoms with Crippen LogP contribution in [0.25, 0.3) is 0 Å². The van der Waals surface area contributed by atoms with Crippen LogP contribution in [0.5, 0.6) is 0 Å². The fraction of sp³-hybridized carbons (Fsp3) is 0.125. The molecule has 2 rings (SSSR count). The smallest absolute Gasteiger partial charge is 0.224 e. The van der Waals surface area contributed by atoms with E-state index in [1.807, 2.05) is 30.3 Å². The largest absolute Gasteiger partial charge is 0.352 e. The predicted octanol–water partition coefficient (Wildman–Crippen LogP) is 3.32. The van der Waals surface area contributed by atoms with Crippen LogP contribution in [0.2, 0.25) is 0 Å². The van der Waals surface area contributed by atoms with Gasteiger partial charge in [-0.3, -0.25) is 4.79 Å². The van der Waals surface area contributed by atoms with Gasteiger partial charge in [-0.25, -0.2) is 4.39 Å². The number of nitrogens with zero attached hydrogens (tertiary/aromatic N) is 1. The number of halogens is 2. The normalized spacial score (nSPS) is 9.95. The first-order valence-corrected chi connectivity index (χ1v) is 7.07. The maximum absolute atomic E-state index is 13.7. The Bertz CT molecular complexity index is 692. The Labute approximate surface area is 130 Å². The Morgan fingerprint density at radius 1 is 1.24 bits per heavy atom. The van der Waals surface area contributed by atoms with Crippen molar-refractivity contribution in [3.05, 3.63) is 69.4 Å². The number of nitrogens with one attached hydrogen (secondary N) is 1. The first-order valence-electron chi connectivity index (χ1n) is 6.28. The molecule has 0 aliphatic heterocycles. The molecule has 0 saturated carbocycles. The minimum absolute atomic E-state index is 0.104. The van der Waals surface area contributed by atoms with Crippen LogP contribution in [-0.4, -0.2) is 5.91 Å². The summed E-state index contributed by atoms with van der Waals surface area (Å²) in [5, 5.41) is 11.3. The van der Waals surface area contributed by atoms with E-state index in [4.69, 9.17) is 5.26 Å². The molecule has 2 aromatic carbocycles. The lowest BCUT2D eigenvalue weighted by Crippen LogP contribution is -2.25. The van der Waals surface area contributed by atoms with Crippen LogP contribution in [0, 0.1) is 17.1 Å². The van der Waals surface area contributed by atoms with E-state index in [9.17, 15) is 9.18 Å². The van der Waals surface area contributed by atoms with Gasteiger partial charge in [0, 0.05) is 16.6 Å².